The van der Waals surface area contributed by atoms with Gasteiger partial charge in [0.25, 0.3) is 0 Å². The molecule has 27 heavy (non-hydrogen) atoms. The molecule has 0 saturated carbocycles. The average molecular weight is 365 g/mol. The molecule has 1 aliphatic heterocycles. The highest BCUT2D eigenvalue weighted by Gasteiger charge is 2.27. The summed E-state index contributed by atoms with van der Waals surface area (Å²) in [5, 5.41) is 3.03. The van der Waals surface area contributed by atoms with Crippen LogP contribution in [-0.2, 0) is 24.8 Å². The smallest absolute Gasteiger partial charge is 0.227 e. The van der Waals surface area contributed by atoms with E-state index >= 15 is 0 Å². The topological polar surface area (TPSA) is 65.4 Å². The maximum atomic E-state index is 12.6. The molecule has 1 aliphatic rings. The number of aryl methyl sites for hydroxylation is 2. The summed E-state index contributed by atoms with van der Waals surface area (Å²) < 4.78 is 13.2. The Hall–Kier alpha value is -3.02. The van der Waals surface area contributed by atoms with E-state index in [0.717, 1.165) is 33.7 Å². The quantitative estimate of drug-likeness (QED) is 0.772. The molecule has 140 valence electrons. The molecule has 0 fully saturated rings. The van der Waals surface area contributed by atoms with E-state index in [1.165, 1.54) is 0 Å². The predicted molar refractivity (Wildman–Crippen MR) is 103 cm³/mol. The maximum absolute atomic E-state index is 12.6. The summed E-state index contributed by atoms with van der Waals surface area (Å²) in [4.78, 5) is 17.2. The van der Waals surface area contributed by atoms with Crippen molar-refractivity contribution in [3.63, 3.8) is 0 Å². The first-order valence-corrected chi connectivity index (χ1v) is 9.05. The summed E-state index contributed by atoms with van der Waals surface area (Å²) in [7, 11) is 3.62. The third-order valence-electron chi connectivity index (χ3n) is 5.18. The number of imidazole rings is 1. The highest BCUT2D eigenvalue weighted by atomic mass is 16.5. The van der Waals surface area contributed by atoms with Crippen LogP contribution in [0.2, 0.25) is 0 Å². The number of nitrogens with one attached hydrogen (secondary N) is 1. The van der Waals surface area contributed by atoms with E-state index in [1.54, 1.807) is 7.11 Å². The minimum Gasteiger partial charge on any atom is -0.493 e. The van der Waals surface area contributed by atoms with Crippen molar-refractivity contribution in [1.82, 2.24) is 14.9 Å². The van der Waals surface area contributed by atoms with Gasteiger partial charge < -0.3 is 19.4 Å². The Kier molecular flexibility index (Phi) is 4.48. The van der Waals surface area contributed by atoms with E-state index in [0.29, 0.717) is 25.3 Å². The normalized spacial score (nSPS) is 15.9. The van der Waals surface area contributed by atoms with Gasteiger partial charge in [0, 0.05) is 13.6 Å². The lowest BCUT2D eigenvalue weighted by atomic mass is 9.95. The minimum atomic E-state index is -0.203. The first-order chi connectivity index (χ1) is 13.1. The van der Waals surface area contributed by atoms with Crippen LogP contribution >= 0.6 is 0 Å². The first kappa shape index (κ1) is 17.4. The number of aromatic nitrogens is 2. The van der Waals surface area contributed by atoms with Gasteiger partial charge in [-0.2, -0.15) is 0 Å². The van der Waals surface area contributed by atoms with Gasteiger partial charge in [-0.1, -0.05) is 18.2 Å². The van der Waals surface area contributed by atoms with Crippen LogP contribution in [0.1, 0.15) is 17.0 Å². The van der Waals surface area contributed by atoms with Gasteiger partial charge in [0.05, 0.1) is 24.1 Å². The van der Waals surface area contributed by atoms with Crippen molar-refractivity contribution >= 4 is 16.9 Å². The number of rotatable bonds is 4. The number of carbonyl (C=O) groups excluding carboxylic acids is 1. The molecule has 1 aromatic heterocycles. The second-order valence-corrected chi connectivity index (χ2v) is 6.92. The molecule has 0 aliphatic carbocycles. The number of methoxy groups -OCH3 is 1. The number of fused-ring (bicyclic) bond motifs is 2. The van der Waals surface area contributed by atoms with Crippen molar-refractivity contribution in [3.8, 4) is 11.5 Å². The highest BCUT2D eigenvalue weighted by molar-refractivity contribution is 5.80. The summed E-state index contributed by atoms with van der Waals surface area (Å²) >= 11 is 0. The summed E-state index contributed by atoms with van der Waals surface area (Å²) in [6.45, 7) is 2.82. The summed E-state index contributed by atoms with van der Waals surface area (Å²) in [5.41, 5.74) is 4.08. The molecule has 2 heterocycles. The Bertz CT molecular complexity index is 1010. The second kappa shape index (κ2) is 6.95. The van der Waals surface area contributed by atoms with Crippen molar-refractivity contribution in [3.05, 3.63) is 53.3 Å². The molecular weight excluding hydrogens is 342 g/mol. The molecule has 1 atom stereocenters. The lowest BCUT2D eigenvalue weighted by Gasteiger charge is -2.25. The zero-order chi connectivity index (χ0) is 19.0. The lowest BCUT2D eigenvalue weighted by Crippen LogP contribution is -2.37. The van der Waals surface area contributed by atoms with Crippen LogP contribution in [0.5, 0.6) is 11.5 Å². The number of benzene rings is 2. The first-order valence-electron chi connectivity index (χ1n) is 9.05. The Balaban J connectivity index is 1.42. The predicted octanol–water partition coefficient (Wildman–Crippen LogP) is 2.76. The minimum absolute atomic E-state index is 0.000711. The van der Waals surface area contributed by atoms with Gasteiger partial charge in [0.1, 0.15) is 12.4 Å². The lowest BCUT2D eigenvalue weighted by molar-refractivity contribution is -0.126. The third kappa shape index (κ3) is 3.23. The molecule has 0 bridgehead atoms. The van der Waals surface area contributed by atoms with Gasteiger partial charge in [-0.3, -0.25) is 4.79 Å². The number of ether oxygens (including phenoxy) is 2. The van der Waals surface area contributed by atoms with Crippen molar-refractivity contribution in [2.75, 3.05) is 13.7 Å². The molecule has 0 saturated heterocycles. The Morgan fingerprint density at radius 2 is 2.22 bits per heavy atom. The van der Waals surface area contributed by atoms with E-state index in [9.17, 15) is 4.79 Å². The monoisotopic (exact) mass is 365 g/mol. The van der Waals surface area contributed by atoms with E-state index in [-0.39, 0.29) is 11.8 Å². The van der Waals surface area contributed by atoms with Gasteiger partial charge in [-0.05, 0) is 42.7 Å². The standard InChI is InChI=1S/C21H23N3O3/c1-13-23-17-9-14(7-8-18(17)24(13)2)11-22-21(25)16-10-15-5-4-6-19(26-3)20(15)27-12-16/h4-9,16H,10-12H2,1-3H3,(H,22,25). The average Bonchev–Trinajstić information content (AvgIpc) is 2.98. The van der Waals surface area contributed by atoms with E-state index in [1.807, 2.05) is 50.4 Å². The van der Waals surface area contributed by atoms with Crippen LogP contribution in [-0.4, -0.2) is 29.2 Å². The molecule has 6 nitrogen and oxygen atoms in total. The fourth-order valence-corrected chi connectivity index (χ4v) is 3.53. The fourth-order valence-electron chi connectivity index (χ4n) is 3.53. The van der Waals surface area contributed by atoms with Gasteiger partial charge in [0.15, 0.2) is 11.5 Å². The zero-order valence-electron chi connectivity index (χ0n) is 15.8. The SMILES string of the molecule is COc1cccc2c1OCC(C(=O)NCc1ccc3c(c1)nc(C)n3C)C2. The van der Waals surface area contributed by atoms with E-state index in [2.05, 4.69) is 14.9 Å². The van der Waals surface area contributed by atoms with Crippen LogP contribution in [0.15, 0.2) is 36.4 Å². The van der Waals surface area contributed by atoms with Crippen molar-refractivity contribution in [2.24, 2.45) is 13.0 Å². The molecule has 3 aromatic rings. The highest BCUT2D eigenvalue weighted by Crippen LogP contribution is 2.36. The second-order valence-electron chi connectivity index (χ2n) is 6.92. The van der Waals surface area contributed by atoms with Crippen LogP contribution in [0.25, 0.3) is 11.0 Å². The molecule has 1 N–H and O–H groups in total. The maximum Gasteiger partial charge on any atom is 0.227 e. The zero-order valence-corrected chi connectivity index (χ0v) is 15.8. The molecule has 6 heteroatoms. The van der Waals surface area contributed by atoms with Crippen molar-refractivity contribution in [1.29, 1.82) is 0 Å². The van der Waals surface area contributed by atoms with Crippen molar-refractivity contribution < 1.29 is 14.3 Å². The fraction of sp³-hybridized carbons (Fsp3) is 0.333. The Labute approximate surface area is 158 Å². The summed E-state index contributed by atoms with van der Waals surface area (Å²) in [5.74, 6) is 2.23. The molecule has 4 rings (SSSR count). The van der Waals surface area contributed by atoms with Crippen LogP contribution < -0.4 is 14.8 Å². The Morgan fingerprint density at radius 1 is 1.37 bits per heavy atom. The number of hydrogen-bond donors (Lipinski definition) is 1. The van der Waals surface area contributed by atoms with E-state index in [4.69, 9.17) is 9.47 Å². The molecular formula is C21H23N3O3. The molecule has 2 aromatic carbocycles. The third-order valence-corrected chi connectivity index (χ3v) is 5.18. The molecule has 0 radical (unpaired) electrons. The number of nitrogens with zero attached hydrogens (tertiary/aromatic N) is 2. The van der Waals surface area contributed by atoms with Crippen LogP contribution in [0.4, 0.5) is 0 Å². The number of amides is 1. The summed E-state index contributed by atoms with van der Waals surface area (Å²) in [6.07, 6.45) is 0.650. The van der Waals surface area contributed by atoms with Gasteiger partial charge in [0.2, 0.25) is 5.91 Å². The van der Waals surface area contributed by atoms with Gasteiger partial charge >= 0.3 is 0 Å². The largest absolute Gasteiger partial charge is 0.493 e. The molecule has 0 spiro atoms. The molecule has 1 amide bonds. The summed E-state index contributed by atoms with van der Waals surface area (Å²) in [6, 6.07) is 11.9. The van der Waals surface area contributed by atoms with Crippen molar-refractivity contribution in [2.45, 2.75) is 19.9 Å². The van der Waals surface area contributed by atoms with Crippen LogP contribution in [0, 0.1) is 12.8 Å². The Morgan fingerprint density at radius 3 is 3.04 bits per heavy atom. The molecule has 1 unspecified atom stereocenters. The number of carbonyl (C=O) groups is 1. The van der Waals surface area contributed by atoms with Gasteiger partial charge in [-0.25, -0.2) is 4.98 Å². The van der Waals surface area contributed by atoms with Crippen LogP contribution in [0.3, 0.4) is 0 Å². The number of hydrogen-bond acceptors (Lipinski definition) is 4. The van der Waals surface area contributed by atoms with Gasteiger partial charge in [-0.15, -0.1) is 0 Å². The van der Waals surface area contributed by atoms with E-state index < -0.39 is 0 Å². The number of para-hydroxylation sites is 1.